The third-order valence-corrected chi connectivity index (χ3v) is 4.99. The third-order valence-electron chi connectivity index (χ3n) is 4.33. The van der Waals surface area contributed by atoms with E-state index in [9.17, 15) is 18.7 Å². The number of benzene rings is 2. The molecule has 1 unspecified atom stereocenters. The van der Waals surface area contributed by atoms with Crippen molar-refractivity contribution >= 4 is 34.5 Å². The summed E-state index contributed by atoms with van der Waals surface area (Å²) in [5.74, 6) is -1.04. The van der Waals surface area contributed by atoms with Crippen LogP contribution < -0.4 is 4.72 Å². The predicted molar refractivity (Wildman–Crippen MR) is 106 cm³/mol. The van der Waals surface area contributed by atoms with Gasteiger partial charge in [-0.05, 0) is 47.9 Å². The number of halogens is 1. The monoisotopic (exact) mass is 403 g/mol. The Balaban J connectivity index is 2.18. The van der Waals surface area contributed by atoms with Crippen LogP contribution in [0.2, 0.25) is 5.02 Å². The van der Waals surface area contributed by atoms with Gasteiger partial charge in [-0.15, -0.1) is 0 Å². The number of anilines is 1. The first-order valence-electron chi connectivity index (χ1n) is 7.94. The fraction of sp³-hybridized carbons (Fsp3) is 0.105. The van der Waals surface area contributed by atoms with Crippen LogP contribution in [0.25, 0.3) is 22.4 Å². The topological polar surface area (TPSA) is 94.4 Å². The quantitative estimate of drug-likeness (QED) is 0.623. The molecule has 3 rings (SSSR count). The van der Waals surface area contributed by atoms with E-state index in [2.05, 4.69) is 4.72 Å². The Morgan fingerprint density at radius 2 is 1.67 bits per heavy atom. The van der Waals surface area contributed by atoms with Crippen LogP contribution in [0.5, 0.6) is 0 Å². The molecule has 0 aliphatic carbocycles. The molecule has 1 atom stereocenters. The lowest BCUT2D eigenvalue weighted by Crippen LogP contribution is -2.07. The van der Waals surface area contributed by atoms with Crippen LogP contribution in [0, 0.1) is 6.92 Å². The van der Waals surface area contributed by atoms with E-state index in [1.807, 2.05) is 19.1 Å². The zero-order valence-electron chi connectivity index (χ0n) is 14.5. The first-order valence-corrected chi connectivity index (χ1v) is 9.39. The van der Waals surface area contributed by atoms with Crippen molar-refractivity contribution in [2.75, 3.05) is 4.72 Å². The number of rotatable bonds is 5. The Morgan fingerprint density at radius 3 is 2.19 bits per heavy atom. The molecule has 0 saturated heterocycles. The number of carboxylic acid groups (broad SMARTS) is 1. The number of hydrogen-bond acceptors (Lipinski definition) is 3. The van der Waals surface area contributed by atoms with Crippen molar-refractivity contribution in [2.45, 2.75) is 6.92 Å². The molecular formula is C19H16ClN2O4S-. The summed E-state index contributed by atoms with van der Waals surface area (Å²) in [6.45, 7) is 1.87. The minimum atomic E-state index is -2.42. The van der Waals surface area contributed by atoms with Crippen molar-refractivity contribution in [2.24, 2.45) is 7.05 Å². The van der Waals surface area contributed by atoms with E-state index in [0.29, 0.717) is 21.8 Å². The van der Waals surface area contributed by atoms with Gasteiger partial charge in [0.15, 0.2) is 0 Å². The van der Waals surface area contributed by atoms with Crippen LogP contribution in [0.4, 0.5) is 5.69 Å². The smallest absolute Gasteiger partial charge is 0.353 e. The first kappa shape index (κ1) is 19.2. The van der Waals surface area contributed by atoms with Gasteiger partial charge in [0.2, 0.25) is 0 Å². The predicted octanol–water partition coefficient (Wildman–Crippen LogP) is 4.23. The molecule has 0 saturated carbocycles. The van der Waals surface area contributed by atoms with Gasteiger partial charge in [0, 0.05) is 34.6 Å². The average molecular weight is 404 g/mol. The zero-order valence-corrected chi connectivity index (χ0v) is 16.1. The molecular weight excluding hydrogens is 388 g/mol. The standard InChI is InChI=1S/C19H17ClN2O4S/c1-11-16(12-5-9-15(10-6-12)21-27(25)26)18(19(23)24)22(2)17(11)13-3-7-14(20)8-4-13/h3-10,21H,1-2H3,(H,23,24)(H,25,26)/p-1. The van der Waals surface area contributed by atoms with E-state index >= 15 is 0 Å². The molecule has 0 amide bonds. The van der Waals surface area contributed by atoms with Crippen LogP contribution in [0.15, 0.2) is 48.5 Å². The number of nitrogens with zero attached hydrogens (tertiary/aromatic N) is 1. The van der Waals surface area contributed by atoms with E-state index < -0.39 is 17.2 Å². The highest BCUT2D eigenvalue weighted by Gasteiger charge is 2.24. The summed E-state index contributed by atoms with van der Waals surface area (Å²) in [6, 6.07) is 13.8. The summed E-state index contributed by atoms with van der Waals surface area (Å²) in [6.07, 6.45) is 0. The normalized spacial score (nSPS) is 12.0. The molecule has 3 aromatic rings. The largest absolute Gasteiger partial charge is 0.755 e. The van der Waals surface area contributed by atoms with Crippen molar-refractivity contribution in [3.63, 3.8) is 0 Å². The summed E-state index contributed by atoms with van der Waals surface area (Å²) in [4.78, 5) is 11.9. The van der Waals surface area contributed by atoms with E-state index in [1.165, 1.54) is 0 Å². The maximum atomic E-state index is 11.9. The van der Waals surface area contributed by atoms with Crippen molar-refractivity contribution in [3.8, 4) is 22.4 Å². The molecule has 2 N–H and O–H groups in total. The maximum absolute atomic E-state index is 11.9. The van der Waals surface area contributed by atoms with Crippen molar-refractivity contribution in [1.82, 2.24) is 4.57 Å². The molecule has 0 spiro atoms. The molecule has 1 heterocycles. The second-order valence-electron chi connectivity index (χ2n) is 5.98. The van der Waals surface area contributed by atoms with Crippen molar-refractivity contribution < 1.29 is 18.7 Å². The van der Waals surface area contributed by atoms with Gasteiger partial charge in [0.05, 0.1) is 5.69 Å². The van der Waals surface area contributed by atoms with Crippen LogP contribution in [-0.4, -0.2) is 24.4 Å². The Bertz CT molecular complexity index is 1030. The second-order valence-corrected chi connectivity index (χ2v) is 7.09. The van der Waals surface area contributed by atoms with Gasteiger partial charge in [-0.2, -0.15) is 0 Å². The lowest BCUT2D eigenvalue weighted by Gasteiger charge is -2.10. The SMILES string of the molecule is Cc1c(-c2ccc(NS(=O)[O-])cc2)c(C(=O)O)n(C)c1-c1ccc(Cl)cc1. The van der Waals surface area contributed by atoms with Gasteiger partial charge in [-0.3, -0.25) is 4.21 Å². The summed E-state index contributed by atoms with van der Waals surface area (Å²) in [5, 5.41) is 10.4. The van der Waals surface area contributed by atoms with Crippen LogP contribution in [0.1, 0.15) is 16.1 Å². The highest BCUT2D eigenvalue weighted by Crippen LogP contribution is 2.37. The van der Waals surface area contributed by atoms with Gasteiger partial charge in [-0.25, -0.2) is 4.79 Å². The number of aromatic nitrogens is 1. The Morgan fingerprint density at radius 1 is 1.11 bits per heavy atom. The molecule has 0 radical (unpaired) electrons. The van der Waals surface area contributed by atoms with E-state index in [0.717, 1.165) is 16.8 Å². The summed E-state index contributed by atoms with van der Waals surface area (Å²) < 4.78 is 25.4. The van der Waals surface area contributed by atoms with Crippen LogP contribution >= 0.6 is 11.6 Å². The number of hydrogen-bond donors (Lipinski definition) is 2. The lowest BCUT2D eigenvalue weighted by molar-refractivity contribution is 0.0687. The summed E-state index contributed by atoms with van der Waals surface area (Å²) in [7, 11) is 1.71. The Labute approximate surface area is 163 Å². The van der Waals surface area contributed by atoms with Gasteiger partial charge in [0.1, 0.15) is 5.69 Å². The summed E-state index contributed by atoms with van der Waals surface area (Å²) >= 11 is 3.54. The number of carbonyl (C=O) groups is 1. The highest BCUT2D eigenvalue weighted by atomic mass is 35.5. The molecule has 0 aliphatic rings. The number of aromatic carboxylic acids is 1. The highest BCUT2D eigenvalue weighted by molar-refractivity contribution is 7.80. The molecule has 8 heteroatoms. The summed E-state index contributed by atoms with van der Waals surface area (Å²) in [5.41, 5.74) is 4.27. The van der Waals surface area contributed by atoms with Gasteiger partial charge in [-0.1, -0.05) is 35.9 Å². The van der Waals surface area contributed by atoms with E-state index in [1.54, 1.807) is 48.0 Å². The molecule has 0 fully saturated rings. The number of nitrogens with one attached hydrogen (secondary N) is 1. The zero-order chi connectivity index (χ0) is 19.7. The maximum Gasteiger partial charge on any atom is 0.353 e. The minimum Gasteiger partial charge on any atom is -0.755 e. The average Bonchev–Trinajstić information content (AvgIpc) is 2.87. The molecule has 27 heavy (non-hydrogen) atoms. The van der Waals surface area contributed by atoms with Crippen molar-refractivity contribution in [3.05, 3.63) is 64.8 Å². The fourth-order valence-electron chi connectivity index (χ4n) is 3.25. The molecule has 2 aromatic carbocycles. The lowest BCUT2D eigenvalue weighted by atomic mass is 9.99. The van der Waals surface area contributed by atoms with Crippen LogP contribution in [-0.2, 0) is 18.3 Å². The van der Waals surface area contributed by atoms with E-state index in [4.69, 9.17) is 11.6 Å². The number of carboxylic acids is 1. The Hall–Kier alpha value is -2.61. The molecule has 6 nitrogen and oxygen atoms in total. The first-order chi connectivity index (χ1) is 12.8. The van der Waals surface area contributed by atoms with Gasteiger partial charge in [0.25, 0.3) is 0 Å². The second kappa shape index (κ2) is 7.56. The molecule has 0 bridgehead atoms. The third kappa shape index (κ3) is 3.75. The fourth-order valence-corrected chi connectivity index (χ4v) is 3.70. The van der Waals surface area contributed by atoms with E-state index in [-0.39, 0.29) is 5.69 Å². The van der Waals surface area contributed by atoms with Gasteiger partial charge >= 0.3 is 5.97 Å². The molecule has 0 aliphatic heterocycles. The Kier molecular flexibility index (Phi) is 5.36. The molecule has 140 valence electrons. The van der Waals surface area contributed by atoms with Gasteiger partial charge < -0.3 is 18.9 Å². The molecule has 1 aromatic heterocycles. The van der Waals surface area contributed by atoms with Crippen LogP contribution in [0.3, 0.4) is 0 Å². The van der Waals surface area contributed by atoms with Crippen molar-refractivity contribution in [1.29, 1.82) is 0 Å². The minimum absolute atomic E-state index is 0.158.